The first-order chi connectivity index (χ1) is 9.05. The van der Waals surface area contributed by atoms with Crippen LogP contribution in [-0.2, 0) is 10.2 Å². The predicted molar refractivity (Wildman–Crippen MR) is 65.2 cm³/mol. The molecule has 1 aromatic carbocycles. The van der Waals surface area contributed by atoms with E-state index >= 15 is 0 Å². The number of nitrogens with zero attached hydrogens (tertiary/aromatic N) is 1. The van der Waals surface area contributed by atoms with Gasteiger partial charge in [-0.1, -0.05) is 32.0 Å². The van der Waals surface area contributed by atoms with Crippen LogP contribution in [0.4, 0.5) is 18.9 Å². The third-order valence-electron chi connectivity index (χ3n) is 2.78. The molecular formula is C12H13F3N2O3. The minimum Gasteiger partial charge on any atom is -0.347 e. The maximum absolute atomic E-state index is 12.1. The van der Waals surface area contributed by atoms with Gasteiger partial charge in [0.05, 0.1) is 4.92 Å². The Morgan fingerprint density at radius 2 is 1.85 bits per heavy atom. The number of nitro groups is 1. The monoisotopic (exact) mass is 290 g/mol. The Hall–Kier alpha value is -2.12. The minimum absolute atomic E-state index is 0.196. The largest absolute Gasteiger partial charge is 0.471 e. The highest BCUT2D eigenvalue weighted by Crippen LogP contribution is 2.31. The number of amides is 1. The Kier molecular flexibility index (Phi) is 4.36. The maximum Gasteiger partial charge on any atom is 0.471 e. The Morgan fingerprint density at radius 3 is 2.35 bits per heavy atom. The normalized spacial score (nSPS) is 12.1. The van der Waals surface area contributed by atoms with Crippen molar-refractivity contribution < 1.29 is 22.9 Å². The number of rotatable bonds is 4. The van der Waals surface area contributed by atoms with Crippen molar-refractivity contribution in [2.24, 2.45) is 0 Å². The predicted octanol–water partition coefficient (Wildman–Crippen LogP) is 2.55. The standard InChI is InChI=1S/C12H13F3N2O3/c1-11(2,7-16-10(18)12(13,14)15)8-5-3-4-6-9(8)17(19)20/h3-6H,7H2,1-2H3,(H,16,18). The Balaban J connectivity index is 2.95. The molecular weight excluding hydrogens is 277 g/mol. The van der Waals surface area contributed by atoms with E-state index in [0.29, 0.717) is 0 Å². The molecule has 20 heavy (non-hydrogen) atoms. The van der Waals surface area contributed by atoms with Crippen LogP contribution in [0.3, 0.4) is 0 Å². The van der Waals surface area contributed by atoms with Crippen molar-refractivity contribution in [3.63, 3.8) is 0 Å². The molecule has 0 atom stereocenters. The molecule has 0 aliphatic rings. The fraction of sp³-hybridized carbons (Fsp3) is 0.417. The molecule has 0 aliphatic heterocycles. The average molecular weight is 290 g/mol. The summed E-state index contributed by atoms with van der Waals surface area (Å²) in [5, 5.41) is 12.6. The zero-order valence-corrected chi connectivity index (χ0v) is 10.8. The molecule has 1 amide bonds. The van der Waals surface area contributed by atoms with Crippen LogP contribution < -0.4 is 5.32 Å². The van der Waals surface area contributed by atoms with Gasteiger partial charge in [-0.25, -0.2) is 0 Å². The summed E-state index contributed by atoms with van der Waals surface area (Å²) in [4.78, 5) is 21.1. The number of hydrogen-bond donors (Lipinski definition) is 1. The smallest absolute Gasteiger partial charge is 0.347 e. The van der Waals surface area contributed by atoms with Crippen LogP contribution in [0.5, 0.6) is 0 Å². The van der Waals surface area contributed by atoms with Crippen molar-refractivity contribution in [3.05, 3.63) is 39.9 Å². The molecule has 0 saturated carbocycles. The van der Waals surface area contributed by atoms with Crippen LogP contribution >= 0.6 is 0 Å². The van der Waals surface area contributed by atoms with E-state index in [0.717, 1.165) is 0 Å². The number of halogens is 3. The van der Waals surface area contributed by atoms with E-state index in [9.17, 15) is 28.1 Å². The molecule has 0 fully saturated rings. The van der Waals surface area contributed by atoms with Crippen molar-refractivity contribution in [2.75, 3.05) is 6.54 Å². The third kappa shape index (κ3) is 3.69. The lowest BCUT2D eigenvalue weighted by molar-refractivity contribution is -0.386. The van der Waals surface area contributed by atoms with E-state index in [1.807, 2.05) is 0 Å². The van der Waals surface area contributed by atoms with Crippen molar-refractivity contribution in [1.82, 2.24) is 5.32 Å². The number of hydrogen-bond acceptors (Lipinski definition) is 3. The van der Waals surface area contributed by atoms with E-state index in [1.165, 1.54) is 32.0 Å². The van der Waals surface area contributed by atoms with E-state index < -0.39 is 22.4 Å². The van der Waals surface area contributed by atoms with Gasteiger partial charge < -0.3 is 5.32 Å². The van der Waals surface area contributed by atoms with Crippen LogP contribution in [-0.4, -0.2) is 23.6 Å². The van der Waals surface area contributed by atoms with Gasteiger partial charge in [-0.3, -0.25) is 14.9 Å². The lowest BCUT2D eigenvalue weighted by atomic mass is 9.83. The summed E-state index contributed by atoms with van der Waals surface area (Å²) in [6.07, 6.45) is -4.97. The fourth-order valence-corrected chi connectivity index (χ4v) is 1.70. The van der Waals surface area contributed by atoms with Crippen molar-refractivity contribution in [2.45, 2.75) is 25.4 Å². The summed E-state index contributed by atoms with van der Waals surface area (Å²) in [5.74, 6) is -2.07. The first-order valence-electron chi connectivity index (χ1n) is 5.64. The SMILES string of the molecule is CC(C)(CNC(=O)C(F)(F)F)c1ccccc1[N+](=O)[O-]. The van der Waals surface area contributed by atoms with Gasteiger partial charge in [0.25, 0.3) is 5.69 Å². The number of benzene rings is 1. The summed E-state index contributed by atoms with van der Waals surface area (Å²) in [6.45, 7) is 2.67. The van der Waals surface area contributed by atoms with Crippen molar-refractivity contribution >= 4 is 11.6 Å². The summed E-state index contributed by atoms with van der Waals surface area (Å²) in [5.41, 5.74) is -0.948. The number of para-hydroxylation sites is 1. The molecule has 0 spiro atoms. The van der Waals surface area contributed by atoms with Crippen LogP contribution in [0.1, 0.15) is 19.4 Å². The minimum atomic E-state index is -4.97. The Bertz CT molecular complexity index is 527. The van der Waals surface area contributed by atoms with E-state index in [1.54, 1.807) is 11.4 Å². The van der Waals surface area contributed by atoms with Gasteiger partial charge in [-0.05, 0) is 0 Å². The molecule has 8 heteroatoms. The quantitative estimate of drug-likeness (QED) is 0.684. The molecule has 0 heterocycles. The highest BCUT2D eigenvalue weighted by molar-refractivity contribution is 5.81. The van der Waals surface area contributed by atoms with Gasteiger partial charge in [0.1, 0.15) is 0 Å². The fourth-order valence-electron chi connectivity index (χ4n) is 1.70. The third-order valence-corrected chi connectivity index (χ3v) is 2.78. The molecule has 5 nitrogen and oxygen atoms in total. The van der Waals surface area contributed by atoms with Gasteiger partial charge in [0, 0.05) is 23.6 Å². The molecule has 0 aromatic heterocycles. The van der Waals surface area contributed by atoms with Gasteiger partial charge >= 0.3 is 12.1 Å². The van der Waals surface area contributed by atoms with Gasteiger partial charge in [0.2, 0.25) is 0 Å². The first-order valence-corrected chi connectivity index (χ1v) is 5.64. The summed E-state index contributed by atoms with van der Waals surface area (Å²) >= 11 is 0. The van der Waals surface area contributed by atoms with Crippen LogP contribution in [0.2, 0.25) is 0 Å². The molecule has 0 aliphatic carbocycles. The molecule has 1 rings (SSSR count). The second-order valence-electron chi connectivity index (χ2n) is 4.84. The van der Waals surface area contributed by atoms with Crippen LogP contribution in [0.25, 0.3) is 0 Å². The summed E-state index contributed by atoms with van der Waals surface area (Å²) in [6, 6.07) is 5.74. The summed E-state index contributed by atoms with van der Waals surface area (Å²) < 4.78 is 36.3. The van der Waals surface area contributed by atoms with Crippen molar-refractivity contribution in [3.8, 4) is 0 Å². The lowest BCUT2D eigenvalue weighted by Crippen LogP contribution is -2.43. The number of carbonyl (C=O) groups is 1. The van der Waals surface area contributed by atoms with Gasteiger partial charge in [0.15, 0.2) is 0 Å². The molecule has 0 radical (unpaired) electrons. The lowest BCUT2D eigenvalue weighted by Gasteiger charge is -2.25. The zero-order valence-electron chi connectivity index (χ0n) is 10.8. The Morgan fingerprint density at radius 1 is 1.30 bits per heavy atom. The molecule has 0 unspecified atom stereocenters. The van der Waals surface area contributed by atoms with Crippen molar-refractivity contribution in [1.29, 1.82) is 0 Å². The highest BCUT2D eigenvalue weighted by Gasteiger charge is 2.40. The molecule has 1 aromatic rings. The second kappa shape index (κ2) is 5.48. The van der Waals surface area contributed by atoms with Gasteiger partial charge in [-0.2, -0.15) is 13.2 Å². The molecule has 1 N–H and O–H groups in total. The molecule has 0 saturated heterocycles. The maximum atomic E-state index is 12.1. The average Bonchev–Trinajstić information content (AvgIpc) is 2.34. The number of nitro benzene ring substituents is 1. The number of carbonyl (C=O) groups excluding carboxylic acids is 1. The van der Waals surface area contributed by atoms with Crippen LogP contribution in [0.15, 0.2) is 24.3 Å². The second-order valence-corrected chi connectivity index (χ2v) is 4.84. The zero-order chi connectivity index (χ0) is 15.6. The highest BCUT2D eigenvalue weighted by atomic mass is 19.4. The van der Waals surface area contributed by atoms with E-state index in [4.69, 9.17) is 0 Å². The van der Waals surface area contributed by atoms with E-state index in [-0.39, 0.29) is 17.8 Å². The van der Waals surface area contributed by atoms with Gasteiger partial charge in [-0.15, -0.1) is 0 Å². The Labute approximate surface area is 112 Å². The topological polar surface area (TPSA) is 72.2 Å². The van der Waals surface area contributed by atoms with E-state index in [2.05, 4.69) is 0 Å². The number of alkyl halides is 3. The summed E-state index contributed by atoms with van der Waals surface area (Å²) in [7, 11) is 0. The molecule has 0 bridgehead atoms. The first kappa shape index (κ1) is 15.9. The number of nitrogens with one attached hydrogen (secondary N) is 1. The van der Waals surface area contributed by atoms with Crippen LogP contribution in [0, 0.1) is 10.1 Å². The molecule has 110 valence electrons.